The normalized spacial score (nSPS) is 18.4. The lowest BCUT2D eigenvalue weighted by atomic mass is 10.00. The third-order valence-corrected chi connectivity index (χ3v) is 5.71. The van der Waals surface area contributed by atoms with E-state index in [-0.39, 0.29) is 36.2 Å². The van der Waals surface area contributed by atoms with Crippen molar-refractivity contribution in [2.24, 2.45) is 11.7 Å². The minimum absolute atomic E-state index is 0. The van der Waals surface area contributed by atoms with Crippen molar-refractivity contribution in [3.05, 3.63) is 35.2 Å². The van der Waals surface area contributed by atoms with Crippen LogP contribution in [0.25, 0.3) is 11.3 Å². The topological polar surface area (TPSA) is 97.1 Å². The molecule has 0 spiro atoms. The Labute approximate surface area is 175 Å². The monoisotopic (exact) mass is 422 g/mol. The zero-order valence-electron chi connectivity index (χ0n) is 15.9. The summed E-state index contributed by atoms with van der Waals surface area (Å²) in [5.74, 6) is 0.264. The number of hydrogen-bond acceptors (Lipinski definition) is 5. The number of thiazole rings is 1. The summed E-state index contributed by atoms with van der Waals surface area (Å²) in [6, 6.07) is 8.25. The minimum atomic E-state index is -0.0152. The number of amides is 2. The first-order valence-corrected chi connectivity index (χ1v) is 10.2. The molecular formula is C20H27ClN4O2S. The maximum Gasteiger partial charge on any atom is 0.226 e. The Morgan fingerprint density at radius 2 is 2.00 bits per heavy atom. The number of nitrogens with zero attached hydrogens (tertiary/aromatic N) is 1. The van der Waals surface area contributed by atoms with Crippen LogP contribution in [0, 0.1) is 5.92 Å². The number of hydrogen-bond donors (Lipinski definition) is 3. The minimum Gasteiger partial charge on any atom is -0.356 e. The van der Waals surface area contributed by atoms with E-state index < -0.39 is 0 Å². The standard InChI is InChI=1S/C20H26N4O2S.ClH/c1-13(25)22-10-9-14-5-7-15(8-6-14)18-12-27-20(23-18)24-19(26)11-16-3-2-4-17(16)21;/h5-8,12,16-17H,2-4,9-11,21H2,1H3,(H,22,25)(H,23,24,26);1H/t16-,17+;/m0./s1. The lowest BCUT2D eigenvalue weighted by Gasteiger charge is -2.13. The quantitative estimate of drug-likeness (QED) is 0.637. The SMILES string of the molecule is CC(=O)NCCc1ccc(-c2csc(NC(=O)C[C@@H]3CCC[C@H]3N)n2)cc1.Cl. The molecule has 1 aliphatic rings. The number of anilines is 1. The number of halogens is 1. The van der Waals surface area contributed by atoms with Crippen LogP contribution < -0.4 is 16.4 Å². The van der Waals surface area contributed by atoms with Crippen molar-refractivity contribution in [2.45, 2.75) is 45.1 Å². The molecule has 0 bridgehead atoms. The van der Waals surface area contributed by atoms with Gasteiger partial charge in [0.2, 0.25) is 11.8 Å². The molecule has 28 heavy (non-hydrogen) atoms. The zero-order valence-corrected chi connectivity index (χ0v) is 17.6. The van der Waals surface area contributed by atoms with E-state index in [1.54, 1.807) is 0 Å². The Hall–Kier alpha value is -1.96. The molecule has 0 unspecified atom stereocenters. The lowest BCUT2D eigenvalue weighted by molar-refractivity contribution is -0.119. The summed E-state index contributed by atoms with van der Waals surface area (Å²) in [4.78, 5) is 27.7. The van der Waals surface area contributed by atoms with E-state index in [1.807, 2.05) is 29.6 Å². The highest BCUT2D eigenvalue weighted by Crippen LogP contribution is 2.28. The van der Waals surface area contributed by atoms with Crippen molar-refractivity contribution < 1.29 is 9.59 Å². The summed E-state index contributed by atoms with van der Waals surface area (Å²) in [6.45, 7) is 2.15. The van der Waals surface area contributed by atoms with Gasteiger partial charge in [0.15, 0.2) is 5.13 Å². The number of carbonyl (C=O) groups excluding carboxylic acids is 2. The van der Waals surface area contributed by atoms with Gasteiger partial charge in [-0.05, 0) is 30.7 Å². The van der Waals surface area contributed by atoms with Crippen LogP contribution in [-0.4, -0.2) is 29.4 Å². The average molecular weight is 423 g/mol. The van der Waals surface area contributed by atoms with Gasteiger partial charge in [-0.25, -0.2) is 4.98 Å². The third-order valence-electron chi connectivity index (χ3n) is 4.95. The molecule has 6 nitrogen and oxygen atoms in total. The van der Waals surface area contributed by atoms with Crippen LogP contribution in [0.4, 0.5) is 5.13 Å². The van der Waals surface area contributed by atoms with Gasteiger partial charge >= 0.3 is 0 Å². The Morgan fingerprint density at radius 3 is 2.64 bits per heavy atom. The van der Waals surface area contributed by atoms with E-state index in [0.29, 0.717) is 18.1 Å². The van der Waals surface area contributed by atoms with Gasteiger partial charge in [-0.3, -0.25) is 9.59 Å². The van der Waals surface area contributed by atoms with Gasteiger partial charge in [-0.15, -0.1) is 23.7 Å². The Morgan fingerprint density at radius 1 is 1.25 bits per heavy atom. The maximum absolute atomic E-state index is 12.2. The molecule has 0 aliphatic heterocycles. The van der Waals surface area contributed by atoms with Crippen molar-refractivity contribution in [2.75, 3.05) is 11.9 Å². The molecule has 1 aliphatic carbocycles. The molecular weight excluding hydrogens is 396 g/mol. The number of nitrogens with one attached hydrogen (secondary N) is 2. The fourth-order valence-corrected chi connectivity index (χ4v) is 4.15. The van der Waals surface area contributed by atoms with Crippen LogP contribution >= 0.6 is 23.7 Å². The molecule has 2 aromatic rings. The summed E-state index contributed by atoms with van der Waals surface area (Å²) in [5, 5.41) is 8.26. The summed E-state index contributed by atoms with van der Waals surface area (Å²) in [6.07, 6.45) is 4.42. The second-order valence-corrected chi connectivity index (χ2v) is 7.93. The molecule has 152 valence electrons. The number of benzene rings is 1. The largest absolute Gasteiger partial charge is 0.356 e. The van der Waals surface area contributed by atoms with Crippen molar-refractivity contribution in [1.29, 1.82) is 0 Å². The van der Waals surface area contributed by atoms with Crippen molar-refractivity contribution in [1.82, 2.24) is 10.3 Å². The van der Waals surface area contributed by atoms with E-state index in [2.05, 4.69) is 15.6 Å². The van der Waals surface area contributed by atoms with Gasteiger partial charge in [0.25, 0.3) is 0 Å². The highest BCUT2D eigenvalue weighted by molar-refractivity contribution is 7.14. The molecule has 1 saturated carbocycles. The molecule has 0 saturated heterocycles. The van der Waals surface area contributed by atoms with Crippen molar-refractivity contribution >= 4 is 40.7 Å². The average Bonchev–Trinajstić information content (AvgIpc) is 3.25. The number of nitrogens with two attached hydrogens (primary N) is 1. The first-order chi connectivity index (χ1) is 13.0. The predicted molar refractivity (Wildman–Crippen MR) is 116 cm³/mol. The van der Waals surface area contributed by atoms with Crippen molar-refractivity contribution in [3.63, 3.8) is 0 Å². The molecule has 4 N–H and O–H groups in total. The van der Waals surface area contributed by atoms with Gasteiger partial charge in [0.05, 0.1) is 5.69 Å². The lowest BCUT2D eigenvalue weighted by Crippen LogP contribution is -2.28. The fourth-order valence-electron chi connectivity index (χ4n) is 3.42. The maximum atomic E-state index is 12.2. The van der Waals surface area contributed by atoms with Gasteiger partial charge in [0.1, 0.15) is 0 Å². The summed E-state index contributed by atoms with van der Waals surface area (Å²) >= 11 is 1.43. The second kappa shape index (κ2) is 10.5. The molecule has 2 amide bonds. The molecule has 3 rings (SSSR count). The van der Waals surface area contributed by atoms with E-state index in [4.69, 9.17) is 5.73 Å². The first kappa shape index (κ1) is 22.3. The number of carbonyl (C=O) groups is 2. The van der Waals surface area contributed by atoms with Crippen molar-refractivity contribution in [3.8, 4) is 11.3 Å². The second-order valence-electron chi connectivity index (χ2n) is 7.07. The highest BCUT2D eigenvalue weighted by Gasteiger charge is 2.26. The first-order valence-electron chi connectivity index (χ1n) is 9.36. The Bertz CT molecular complexity index is 794. The predicted octanol–water partition coefficient (Wildman–Crippen LogP) is 3.37. The zero-order chi connectivity index (χ0) is 19.2. The van der Waals surface area contributed by atoms with Crippen LogP contribution in [0.15, 0.2) is 29.6 Å². The van der Waals surface area contributed by atoms with Gasteiger partial charge in [-0.1, -0.05) is 30.7 Å². The Balaban J connectivity index is 0.00000280. The number of rotatable bonds is 7. The van der Waals surface area contributed by atoms with Crippen LogP contribution in [0.2, 0.25) is 0 Å². The van der Waals surface area contributed by atoms with E-state index in [0.717, 1.165) is 42.5 Å². The Kier molecular flexibility index (Phi) is 8.41. The molecule has 1 aromatic carbocycles. The molecule has 0 radical (unpaired) electrons. The van der Waals surface area contributed by atoms with E-state index in [1.165, 1.54) is 18.3 Å². The molecule has 1 fully saturated rings. The fraction of sp³-hybridized carbons (Fsp3) is 0.450. The number of aromatic nitrogens is 1. The van der Waals surface area contributed by atoms with Crippen LogP contribution in [0.1, 0.15) is 38.2 Å². The van der Waals surface area contributed by atoms with Gasteiger partial charge in [-0.2, -0.15) is 0 Å². The molecule has 2 atom stereocenters. The van der Waals surface area contributed by atoms with E-state index in [9.17, 15) is 9.59 Å². The van der Waals surface area contributed by atoms with Gasteiger partial charge < -0.3 is 16.4 Å². The van der Waals surface area contributed by atoms with Crippen LogP contribution in [0.5, 0.6) is 0 Å². The summed E-state index contributed by atoms with van der Waals surface area (Å²) < 4.78 is 0. The van der Waals surface area contributed by atoms with Crippen LogP contribution in [-0.2, 0) is 16.0 Å². The molecule has 1 aromatic heterocycles. The van der Waals surface area contributed by atoms with E-state index >= 15 is 0 Å². The third kappa shape index (κ3) is 6.29. The summed E-state index contributed by atoms with van der Waals surface area (Å²) in [7, 11) is 0. The van der Waals surface area contributed by atoms with Gasteiger partial charge in [0, 0.05) is 36.9 Å². The highest BCUT2D eigenvalue weighted by atomic mass is 35.5. The molecule has 8 heteroatoms. The van der Waals surface area contributed by atoms with Crippen LogP contribution in [0.3, 0.4) is 0 Å². The molecule has 1 heterocycles. The smallest absolute Gasteiger partial charge is 0.226 e. The summed E-state index contributed by atoms with van der Waals surface area (Å²) in [5.41, 5.74) is 9.06.